The largest absolute Gasteiger partial charge is 0.513 e. The molecule has 0 aromatic rings. The van der Waals surface area contributed by atoms with E-state index in [-0.39, 0.29) is 0 Å². The van der Waals surface area contributed by atoms with E-state index in [2.05, 4.69) is 20.4 Å². The Labute approximate surface area is 81.2 Å². The van der Waals surface area contributed by atoms with Crippen molar-refractivity contribution in [2.45, 2.75) is 46.0 Å². The van der Waals surface area contributed by atoms with Gasteiger partial charge in [0.05, 0.1) is 5.76 Å². The highest BCUT2D eigenvalue weighted by molar-refractivity contribution is 5.19. The van der Waals surface area contributed by atoms with Crippen molar-refractivity contribution >= 4 is 0 Å². The molecule has 0 radical (unpaired) electrons. The molecule has 0 aliphatic heterocycles. The predicted molar refractivity (Wildman–Crippen MR) is 56.7 cm³/mol. The zero-order valence-electron chi connectivity index (χ0n) is 8.77. The smallest absolute Gasteiger partial charge is 0.0885 e. The third-order valence-corrected chi connectivity index (χ3v) is 3.11. The summed E-state index contributed by atoms with van der Waals surface area (Å²) < 4.78 is 0. The first-order valence-corrected chi connectivity index (χ1v) is 5.26. The van der Waals surface area contributed by atoms with Crippen LogP contribution in [0.5, 0.6) is 0 Å². The average Bonchev–Trinajstić information content (AvgIpc) is 2.16. The van der Waals surface area contributed by atoms with Crippen LogP contribution >= 0.6 is 0 Å². The summed E-state index contributed by atoms with van der Waals surface area (Å²) in [6.45, 7) is 8.05. The van der Waals surface area contributed by atoms with Crippen molar-refractivity contribution < 1.29 is 5.11 Å². The Morgan fingerprint density at radius 3 is 2.46 bits per heavy atom. The highest BCUT2D eigenvalue weighted by Gasteiger charge is 2.20. The molecular weight excluding hydrogens is 160 g/mol. The van der Waals surface area contributed by atoms with Crippen LogP contribution in [0.2, 0.25) is 0 Å². The molecule has 1 nitrogen and oxygen atoms in total. The highest BCUT2D eigenvalue weighted by atomic mass is 16.3. The summed E-state index contributed by atoms with van der Waals surface area (Å²) in [7, 11) is 0. The lowest BCUT2D eigenvalue weighted by atomic mass is 9.81. The van der Waals surface area contributed by atoms with Gasteiger partial charge in [0.1, 0.15) is 0 Å². The normalized spacial score (nSPS) is 23.4. The van der Waals surface area contributed by atoms with Gasteiger partial charge in [-0.1, -0.05) is 31.6 Å². The van der Waals surface area contributed by atoms with Crippen LogP contribution in [0.15, 0.2) is 23.5 Å². The number of aliphatic hydroxyl groups is 1. The molecule has 0 amide bonds. The van der Waals surface area contributed by atoms with Crippen molar-refractivity contribution in [1.82, 2.24) is 0 Å². The molecule has 1 aliphatic rings. The second kappa shape index (κ2) is 4.50. The molecule has 1 N–H and O–H groups in total. The molecule has 0 heterocycles. The Hall–Kier alpha value is -0.720. The van der Waals surface area contributed by atoms with Crippen molar-refractivity contribution in [2.24, 2.45) is 5.92 Å². The standard InChI is InChI=1S/C12H20O/c1-4-10-6-7-12(9(3)13)8-11(10)5-2/h12-13H,3-8H2,1-2H3. The SMILES string of the molecule is C=C(O)C1CCC(CC)=C(CC)C1. The van der Waals surface area contributed by atoms with Crippen LogP contribution in [0.1, 0.15) is 46.0 Å². The molecule has 1 heteroatoms. The maximum absolute atomic E-state index is 9.33. The highest BCUT2D eigenvalue weighted by Crippen LogP contribution is 2.35. The molecule has 74 valence electrons. The second-order valence-electron chi connectivity index (χ2n) is 3.85. The fourth-order valence-corrected chi connectivity index (χ4v) is 2.17. The fraction of sp³-hybridized carbons (Fsp3) is 0.667. The quantitative estimate of drug-likeness (QED) is 0.514. The number of hydrogen-bond acceptors (Lipinski definition) is 1. The maximum Gasteiger partial charge on any atom is 0.0885 e. The predicted octanol–water partition coefficient (Wildman–Crippen LogP) is 3.97. The zero-order valence-corrected chi connectivity index (χ0v) is 8.77. The fourth-order valence-electron chi connectivity index (χ4n) is 2.17. The summed E-state index contributed by atoms with van der Waals surface area (Å²) in [6, 6.07) is 0. The van der Waals surface area contributed by atoms with Crippen molar-refractivity contribution in [3.05, 3.63) is 23.5 Å². The van der Waals surface area contributed by atoms with Gasteiger partial charge in [-0.2, -0.15) is 0 Å². The summed E-state index contributed by atoms with van der Waals surface area (Å²) in [4.78, 5) is 0. The second-order valence-corrected chi connectivity index (χ2v) is 3.85. The van der Waals surface area contributed by atoms with Crippen molar-refractivity contribution in [2.75, 3.05) is 0 Å². The van der Waals surface area contributed by atoms with Gasteiger partial charge in [0.25, 0.3) is 0 Å². The van der Waals surface area contributed by atoms with Gasteiger partial charge in [-0.05, 0) is 32.1 Å². The molecule has 0 spiro atoms. The Balaban J connectivity index is 2.72. The van der Waals surface area contributed by atoms with Crippen LogP contribution in [0.3, 0.4) is 0 Å². The number of hydrogen-bond donors (Lipinski definition) is 1. The third-order valence-electron chi connectivity index (χ3n) is 3.11. The van der Waals surface area contributed by atoms with Crippen LogP contribution in [-0.4, -0.2) is 5.11 Å². The Kier molecular flexibility index (Phi) is 3.58. The Bertz CT molecular complexity index is 225. The van der Waals surface area contributed by atoms with E-state index >= 15 is 0 Å². The van der Waals surface area contributed by atoms with Gasteiger partial charge in [0, 0.05) is 5.92 Å². The first-order chi connectivity index (χ1) is 6.19. The van der Waals surface area contributed by atoms with Crippen LogP contribution in [0, 0.1) is 5.92 Å². The van der Waals surface area contributed by atoms with Gasteiger partial charge in [-0.25, -0.2) is 0 Å². The van der Waals surface area contributed by atoms with E-state index in [0.29, 0.717) is 11.7 Å². The lowest BCUT2D eigenvalue weighted by Gasteiger charge is -2.25. The summed E-state index contributed by atoms with van der Waals surface area (Å²) >= 11 is 0. The van der Waals surface area contributed by atoms with Crippen molar-refractivity contribution in [3.8, 4) is 0 Å². The van der Waals surface area contributed by atoms with E-state index in [4.69, 9.17) is 0 Å². The van der Waals surface area contributed by atoms with E-state index in [1.54, 1.807) is 11.1 Å². The Morgan fingerprint density at radius 2 is 2.00 bits per heavy atom. The minimum atomic E-state index is 0.324. The molecule has 0 saturated heterocycles. The molecular formula is C12H20O. The molecule has 0 aromatic carbocycles. The number of aliphatic hydroxyl groups excluding tert-OH is 1. The summed E-state index contributed by atoms with van der Waals surface area (Å²) in [5, 5.41) is 9.33. The molecule has 0 aromatic heterocycles. The van der Waals surface area contributed by atoms with Gasteiger partial charge < -0.3 is 5.11 Å². The number of allylic oxidation sites excluding steroid dienone is 3. The topological polar surface area (TPSA) is 20.2 Å². The molecule has 0 fully saturated rings. The number of rotatable bonds is 3. The van der Waals surface area contributed by atoms with Crippen molar-refractivity contribution in [3.63, 3.8) is 0 Å². The van der Waals surface area contributed by atoms with Crippen LogP contribution < -0.4 is 0 Å². The average molecular weight is 180 g/mol. The van der Waals surface area contributed by atoms with Crippen LogP contribution in [-0.2, 0) is 0 Å². The lowest BCUT2D eigenvalue weighted by molar-refractivity contribution is 0.310. The van der Waals surface area contributed by atoms with Gasteiger partial charge in [-0.3, -0.25) is 0 Å². The summed E-state index contributed by atoms with van der Waals surface area (Å²) in [5.41, 5.74) is 3.16. The van der Waals surface area contributed by atoms with Gasteiger partial charge in [-0.15, -0.1) is 0 Å². The summed E-state index contributed by atoms with van der Waals surface area (Å²) in [5.74, 6) is 0.700. The first kappa shape index (κ1) is 10.4. The molecule has 1 aliphatic carbocycles. The summed E-state index contributed by atoms with van der Waals surface area (Å²) in [6.07, 6.45) is 5.59. The van der Waals surface area contributed by atoms with E-state index in [9.17, 15) is 5.11 Å². The molecule has 0 saturated carbocycles. The van der Waals surface area contributed by atoms with E-state index in [1.165, 1.54) is 6.42 Å². The third kappa shape index (κ3) is 2.36. The Morgan fingerprint density at radius 1 is 1.38 bits per heavy atom. The van der Waals surface area contributed by atoms with E-state index < -0.39 is 0 Å². The van der Waals surface area contributed by atoms with Gasteiger partial charge in [0.15, 0.2) is 0 Å². The zero-order chi connectivity index (χ0) is 9.84. The first-order valence-electron chi connectivity index (χ1n) is 5.26. The van der Waals surface area contributed by atoms with Crippen LogP contribution in [0.25, 0.3) is 0 Å². The molecule has 1 atom stereocenters. The molecule has 1 rings (SSSR count). The maximum atomic E-state index is 9.33. The van der Waals surface area contributed by atoms with Crippen molar-refractivity contribution in [1.29, 1.82) is 0 Å². The van der Waals surface area contributed by atoms with Gasteiger partial charge in [0.2, 0.25) is 0 Å². The molecule has 0 bridgehead atoms. The minimum absolute atomic E-state index is 0.324. The van der Waals surface area contributed by atoms with E-state index in [0.717, 1.165) is 25.7 Å². The van der Waals surface area contributed by atoms with Gasteiger partial charge >= 0.3 is 0 Å². The molecule has 13 heavy (non-hydrogen) atoms. The lowest BCUT2D eigenvalue weighted by Crippen LogP contribution is -2.11. The minimum Gasteiger partial charge on any atom is -0.513 e. The monoisotopic (exact) mass is 180 g/mol. The molecule has 1 unspecified atom stereocenters. The van der Waals surface area contributed by atoms with E-state index in [1.807, 2.05) is 0 Å². The van der Waals surface area contributed by atoms with Crippen LogP contribution in [0.4, 0.5) is 0 Å².